The number of guanidine groups is 2. The highest BCUT2D eigenvalue weighted by molar-refractivity contribution is 8.76. The predicted molar refractivity (Wildman–Crippen MR) is 542 cm³/mol. The van der Waals surface area contributed by atoms with E-state index in [-0.39, 0.29) is 82.7 Å². The molecule has 3 aliphatic rings. The summed E-state index contributed by atoms with van der Waals surface area (Å²) in [7, 11) is 1.68. The van der Waals surface area contributed by atoms with Crippen LogP contribution in [0.4, 0.5) is 0 Å². The Labute approximate surface area is 814 Å². The van der Waals surface area contributed by atoms with Gasteiger partial charge in [0.2, 0.25) is 94.4 Å². The van der Waals surface area contributed by atoms with Crippen molar-refractivity contribution in [1.29, 1.82) is 21.6 Å². The largest absolute Gasteiger partial charge is 0.497 e. The van der Waals surface area contributed by atoms with Crippen LogP contribution in [0.15, 0.2) is 171 Å². The molecule has 0 aliphatic carbocycles. The van der Waals surface area contributed by atoms with Gasteiger partial charge in [0.1, 0.15) is 91.6 Å². The molecule has 5 aromatic rings. The van der Waals surface area contributed by atoms with Crippen molar-refractivity contribution < 1.29 is 122 Å². The molecule has 0 radical (unpaired) electrons. The second-order valence-electron chi connectivity index (χ2n) is 33.4. The number of hydrogen-bond donors (Lipinski definition) is 31. The lowest BCUT2D eigenvalue weighted by molar-refractivity contribution is -0.138. The van der Waals surface area contributed by atoms with Crippen LogP contribution in [0.3, 0.4) is 0 Å². The Morgan fingerprint density at radius 1 is 0.504 bits per heavy atom. The van der Waals surface area contributed by atoms with E-state index < -0.39 is 296 Å². The molecule has 53 heteroatoms. The summed E-state index contributed by atoms with van der Waals surface area (Å²) in [5.74, 6) is -25.1. The van der Waals surface area contributed by atoms with Crippen LogP contribution in [0, 0.1) is 33.5 Å². The molecule has 0 saturated carbocycles. The maximum atomic E-state index is 14.7. The standard InChI is InChI=1S/C88H121N27O24S2/c1-42(2)70-83(135)104-51(21-12-26-95-87(91)92)74(126)113-71(43(3)4)84(136)112-62(86(138)139)41-141-140-40-61(81(133)114-70)111-80(132)60(39-116)110-76(128)56(31-46-36-98-50-20-11-9-18-48(46)50)106-79(131)59(34-69(122)123)108-77(129)57(32-64(89)117)107-73(125)52-24-25-66(119)99-37-67(120)101-53(22-13-27-96-88(93)94)85(137)115-28-14-23-63(115)82(134)109-58(33-65(90)118)78(130)105-55(30-45-35-97-49-19-10-8-17-47(45)49)72(124)100-38-68(121)102-54(75(127)103-52)29-44-15-6-5-7-16-44/h5-11,15-20,35-36,42-43,51-63,70-71,97-98,116H,12-14,21-34,37-41H2,1-4H3,(H2,89,117)(H2,90,118)(H,99,119)(H,100,124)(H,101,120)(H,102,121)(H,103,127)(H,104,135)(H,105,130)(H,106,131)(H,107,125)(H,108,129)(H,109,134)(H,110,128)(H,111,132)(H,112,136)(H,113,126)(H,114,133)(H,122,123)(H,138,139)(H4,91,92,95)(H4,93,94,96)/t51-,52-,53-,54-,55-,56-,57-,58-,59-,60-,61-,62-,63-,70-,71-/m0/s1. The summed E-state index contributed by atoms with van der Waals surface area (Å²) in [6.45, 7) is 3.40. The lowest BCUT2D eigenvalue weighted by Gasteiger charge is -2.27. The number of aliphatic hydroxyl groups excluding tert-OH is 19. The third-order valence-corrected chi connectivity index (χ3v) is 24.3. The van der Waals surface area contributed by atoms with Crippen molar-refractivity contribution in [2.24, 2.45) is 103 Å². The number of aromatic amines is 2. The number of nitrogens with zero attached hydrogens (tertiary/aromatic N) is 17. The SMILES string of the molecule is CC(C)[C@@H]1N=C(O)[C@H](CCCNC(=N)N)N=C(O)[C@H](C(C)C)N=C(O)[C@@H](N=C(O)[C@H](CO)N=C(O)[C@H](Cc2c[nH]c3ccccc23)N=C(O)[C@H](CC(=O)O)N=C(O)[C@H](CC(=N)O)N=C(O)[C@@H]2CCC(O)=NCC(O)=N[C@@H](CCCNC(=N)N)C(=O)N3CCC[C@H]3C(O)=N[C@@H](CC(=N)O)C(O)=N[C@@H](Cc3c[nH]c4ccccc34)C(O)=NCC(O)=N[C@@H](Cc3ccccc3)C(O)=N2)CSSC[C@@H](C(=O)O)N=C1O. The molecule has 33 N–H and O–H groups in total. The number of hydrogen-bond acceptors (Lipinski definition) is 26. The summed E-state index contributed by atoms with van der Waals surface area (Å²) in [4.78, 5) is 115. The topological polar surface area (TPSA) is 880 Å². The number of amides is 1. The number of fused-ring (bicyclic) bond motifs is 3. The van der Waals surface area contributed by atoms with E-state index in [9.17, 15) is 122 Å². The maximum Gasteiger partial charge on any atom is 0.329 e. The van der Waals surface area contributed by atoms with Crippen LogP contribution in [0.2, 0.25) is 0 Å². The Bertz CT molecular complexity index is 5710. The fourth-order valence-corrected chi connectivity index (χ4v) is 16.9. The van der Waals surface area contributed by atoms with Gasteiger partial charge in [-0.25, -0.2) is 84.7 Å². The molecule has 2 aromatic heterocycles. The van der Waals surface area contributed by atoms with Gasteiger partial charge in [-0.15, -0.1) is 0 Å². The van der Waals surface area contributed by atoms with E-state index in [1.165, 1.54) is 11.1 Å². The maximum absolute atomic E-state index is 14.7. The van der Waals surface area contributed by atoms with Gasteiger partial charge in [0.15, 0.2) is 41.7 Å². The molecular formula is C88H121N27O24S2. The molecule has 0 unspecified atom stereocenters. The van der Waals surface area contributed by atoms with Crippen molar-refractivity contribution in [3.63, 3.8) is 0 Å². The van der Waals surface area contributed by atoms with Crippen molar-refractivity contribution in [3.8, 4) is 0 Å². The first-order valence-corrected chi connectivity index (χ1v) is 47.1. The second-order valence-corrected chi connectivity index (χ2v) is 36.0. The number of benzene rings is 3. The summed E-state index contributed by atoms with van der Waals surface area (Å²) in [5, 5.41) is 281. The van der Waals surface area contributed by atoms with Crippen molar-refractivity contribution in [2.75, 3.05) is 50.8 Å². The summed E-state index contributed by atoms with van der Waals surface area (Å²) in [6.07, 6.45) is -2.44. The van der Waals surface area contributed by atoms with E-state index in [4.69, 9.17) is 33.1 Å². The molecule has 1 fully saturated rings. The van der Waals surface area contributed by atoms with Gasteiger partial charge in [-0.2, -0.15) is 0 Å². The highest BCUT2D eigenvalue weighted by atomic mass is 33.1. The van der Waals surface area contributed by atoms with Gasteiger partial charge in [-0.3, -0.25) is 31.2 Å². The van der Waals surface area contributed by atoms with E-state index in [1.54, 1.807) is 113 Å². The fraction of sp³-hybridized carbons (Fsp3) is 0.489. The molecule has 8 rings (SSSR count). The minimum atomic E-state index is -2.28. The Balaban J connectivity index is 1.23. The average Bonchev–Trinajstić information content (AvgIpc) is 1.69. The highest BCUT2D eigenvalue weighted by Gasteiger charge is 2.40. The van der Waals surface area contributed by atoms with Gasteiger partial charge >= 0.3 is 11.9 Å². The minimum Gasteiger partial charge on any atom is -0.497 e. The van der Waals surface area contributed by atoms with Crippen LogP contribution in [-0.2, 0) is 33.6 Å². The normalized spacial score (nSPS) is 23.0. The molecule has 1 amide bonds. The first-order chi connectivity index (χ1) is 67.0. The van der Waals surface area contributed by atoms with E-state index in [1.807, 2.05) is 0 Å². The molecule has 5 heterocycles. The molecule has 3 aromatic carbocycles. The van der Waals surface area contributed by atoms with Crippen molar-refractivity contribution in [2.45, 2.75) is 208 Å². The monoisotopic (exact) mass is 2000 g/mol. The first-order valence-electron chi connectivity index (χ1n) is 44.6. The van der Waals surface area contributed by atoms with Crippen LogP contribution < -0.4 is 22.1 Å². The van der Waals surface area contributed by atoms with Crippen LogP contribution >= 0.6 is 21.6 Å². The van der Waals surface area contributed by atoms with Crippen molar-refractivity contribution in [1.82, 2.24) is 25.5 Å². The zero-order valence-corrected chi connectivity index (χ0v) is 78.9. The van der Waals surface area contributed by atoms with Crippen LogP contribution in [0.1, 0.15) is 115 Å². The molecule has 764 valence electrons. The summed E-state index contributed by atoms with van der Waals surface area (Å²) in [5.41, 5.74) is 13.4. The zero-order valence-electron chi connectivity index (χ0n) is 77.2. The number of carboxylic acids is 2. The van der Waals surface area contributed by atoms with Crippen molar-refractivity contribution in [3.05, 3.63) is 108 Å². The first kappa shape index (κ1) is 111. The average molecular weight is 2010 g/mol. The van der Waals surface area contributed by atoms with E-state index >= 15 is 0 Å². The summed E-state index contributed by atoms with van der Waals surface area (Å²) >= 11 is 0. The van der Waals surface area contributed by atoms with Gasteiger partial charge in [0.25, 0.3) is 0 Å². The number of carbonyl (C=O) groups is 3. The molecule has 0 spiro atoms. The second kappa shape index (κ2) is 54.2. The molecule has 0 bridgehead atoms. The number of aromatic nitrogens is 2. The van der Waals surface area contributed by atoms with Gasteiger partial charge in [0, 0.05) is 91.0 Å². The number of nitrogens with one attached hydrogen (secondary N) is 8. The van der Waals surface area contributed by atoms with E-state index in [0.29, 0.717) is 38.5 Å². The molecular weight excluding hydrogens is 1880 g/mol. The number of aliphatic carboxylic acids is 2. The number of aliphatic imine (C=N–C) groups is 16. The number of carboxylic acid groups (broad SMARTS) is 2. The third-order valence-electron chi connectivity index (χ3n) is 21.9. The Morgan fingerprint density at radius 2 is 1.01 bits per heavy atom. The van der Waals surface area contributed by atoms with E-state index in [2.05, 4.69) is 100 Å². The molecule has 1 saturated heterocycles. The highest BCUT2D eigenvalue weighted by Crippen LogP contribution is 2.30. The van der Waals surface area contributed by atoms with Crippen LogP contribution in [0.5, 0.6) is 0 Å². The van der Waals surface area contributed by atoms with Gasteiger partial charge in [-0.1, -0.05) is 116 Å². The fourth-order valence-electron chi connectivity index (χ4n) is 14.7. The number of rotatable bonds is 34. The number of nitrogens with two attached hydrogens (primary N) is 2. The summed E-state index contributed by atoms with van der Waals surface area (Å²) < 4.78 is 0. The lowest BCUT2D eigenvalue weighted by atomic mass is 10.0. The minimum absolute atomic E-state index is 0.0203. The van der Waals surface area contributed by atoms with E-state index in [0.717, 1.165) is 21.6 Å². The number of carbonyl (C=O) groups excluding carboxylic acids is 1. The molecule has 15 atom stereocenters. The van der Waals surface area contributed by atoms with Crippen LogP contribution in [-0.4, -0.2) is 399 Å². The number of aliphatic hydroxyl groups is 19. The molecule has 141 heavy (non-hydrogen) atoms. The third kappa shape index (κ3) is 34.7. The lowest BCUT2D eigenvalue weighted by Crippen LogP contribution is -2.46. The van der Waals surface area contributed by atoms with Gasteiger partial charge in [0.05, 0.1) is 25.9 Å². The molecule has 3 aliphatic heterocycles. The van der Waals surface area contributed by atoms with Crippen LogP contribution in [0.25, 0.3) is 21.8 Å². The van der Waals surface area contributed by atoms with Gasteiger partial charge in [-0.05, 0) is 85.6 Å². The van der Waals surface area contributed by atoms with Gasteiger partial charge < -0.3 is 144 Å². The smallest absolute Gasteiger partial charge is 0.329 e. The summed E-state index contributed by atoms with van der Waals surface area (Å²) in [6, 6.07) is -4.27. The Kier molecular flexibility index (Phi) is 42.7. The number of H-pyrrole nitrogens is 2. The molecule has 51 nitrogen and oxygen atoms in total. The quantitative estimate of drug-likeness (QED) is 0.00817. The van der Waals surface area contributed by atoms with Crippen molar-refractivity contribution >= 4 is 179 Å². The predicted octanol–water partition coefficient (Wildman–Crippen LogP) is 7.56. The number of para-hydroxylation sites is 2. The zero-order chi connectivity index (χ0) is 103. The Hall–Kier alpha value is -15.2. The Morgan fingerprint density at radius 3 is 1.60 bits per heavy atom.